The van der Waals surface area contributed by atoms with E-state index in [2.05, 4.69) is 42.4 Å². The van der Waals surface area contributed by atoms with Crippen molar-refractivity contribution < 1.29 is 14.6 Å². The van der Waals surface area contributed by atoms with Gasteiger partial charge in [-0.15, -0.1) is 0 Å². The summed E-state index contributed by atoms with van der Waals surface area (Å²) in [6.45, 7) is 3.73. The fraction of sp³-hybridized carbons (Fsp3) is 0.176. The van der Waals surface area contributed by atoms with Crippen molar-refractivity contribution in [2.24, 2.45) is 5.10 Å². The molecule has 0 bridgehead atoms. The van der Waals surface area contributed by atoms with Gasteiger partial charge in [0.05, 0.1) is 10.7 Å². The number of nitrogens with zero attached hydrogens (tertiary/aromatic N) is 1. The summed E-state index contributed by atoms with van der Waals surface area (Å²) in [5, 5.41) is 13.7. The monoisotopic (exact) mass is 454 g/mol. The van der Waals surface area contributed by atoms with E-state index in [4.69, 9.17) is 4.74 Å². The molecular weight excluding hydrogens is 440 g/mol. The number of hydrazone groups is 1. The molecule has 2 rings (SSSR count). The lowest BCUT2D eigenvalue weighted by molar-refractivity contribution is -0.123. The second kappa shape index (κ2) is 8.30. The van der Waals surface area contributed by atoms with Crippen LogP contribution < -0.4 is 10.2 Å². The number of carbonyl (C=O) groups excluding carboxylic acids is 1. The first kappa shape index (κ1) is 18.5. The number of benzene rings is 2. The molecule has 0 aromatic heterocycles. The Labute approximate surface area is 157 Å². The highest BCUT2D eigenvalue weighted by atomic mass is 79.9. The Morgan fingerprint density at radius 1 is 1.29 bits per heavy atom. The predicted molar refractivity (Wildman–Crippen MR) is 101 cm³/mol. The predicted octanol–water partition coefficient (Wildman–Crippen LogP) is 4.06. The molecule has 2 N–H and O–H groups in total. The molecule has 0 aliphatic rings. The Balaban J connectivity index is 1.93. The summed E-state index contributed by atoms with van der Waals surface area (Å²) in [7, 11) is 0. The van der Waals surface area contributed by atoms with Gasteiger partial charge in [-0.1, -0.05) is 28.1 Å². The first-order valence-corrected chi connectivity index (χ1v) is 8.65. The minimum atomic E-state index is -0.388. The summed E-state index contributed by atoms with van der Waals surface area (Å²) < 4.78 is 6.80. The van der Waals surface area contributed by atoms with E-state index < -0.39 is 0 Å². The molecular formula is C17H16Br2N2O3. The zero-order valence-corrected chi connectivity index (χ0v) is 16.3. The van der Waals surface area contributed by atoms with Crippen LogP contribution in [0.15, 0.2) is 44.4 Å². The first-order valence-electron chi connectivity index (χ1n) is 7.07. The molecule has 5 nitrogen and oxygen atoms in total. The Hall–Kier alpha value is -1.86. The molecule has 0 saturated heterocycles. The largest absolute Gasteiger partial charge is 0.506 e. The fourth-order valence-electron chi connectivity index (χ4n) is 1.90. The molecule has 126 valence electrons. The molecule has 1 amide bonds. The summed E-state index contributed by atoms with van der Waals surface area (Å²) in [5.74, 6) is 0.325. The van der Waals surface area contributed by atoms with Crippen molar-refractivity contribution in [3.8, 4) is 11.5 Å². The van der Waals surface area contributed by atoms with Crippen LogP contribution in [0.5, 0.6) is 11.5 Å². The number of carbonyl (C=O) groups is 1. The number of hydrogen-bond acceptors (Lipinski definition) is 4. The van der Waals surface area contributed by atoms with Gasteiger partial charge < -0.3 is 9.84 Å². The molecule has 0 saturated carbocycles. The van der Waals surface area contributed by atoms with Crippen LogP contribution in [0.2, 0.25) is 0 Å². The molecule has 0 unspecified atom stereocenters. The van der Waals surface area contributed by atoms with E-state index in [9.17, 15) is 9.90 Å². The zero-order chi connectivity index (χ0) is 17.7. The van der Waals surface area contributed by atoms with Gasteiger partial charge in [0.1, 0.15) is 11.5 Å². The fourth-order valence-corrected chi connectivity index (χ4v) is 3.15. The topological polar surface area (TPSA) is 70.9 Å². The van der Waals surface area contributed by atoms with E-state index in [0.717, 1.165) is 15.6 Å². The molecule has 2 aromatic carbocycles. The number of halogens is 2. The average Bonchev–Trinajstić information content (AvgIpc) is 2.52. The number of rotatable bonds is 5. The van der Waals surface area contributed by atoms with Gasteiger partial charge in [-0.25, -0.2) is 5.43 Å². The number of aryl methyl sites for hydroxylation is 2. The quantitative estimate of drug-likeness (QED) is 0.527. The third-order valence-corrected chi connectivity index (χ3v) is 4.22. The molecule has 2 aromatic rings. The zero-order valence-electron chi connectivity index (χ0n) is 13.1. The van der Waals surface area contributed by atoms with Crippen LogP contribution in [0, 0.1) is 13.8 Å². The van der Waals surface area contributed by atoms with Gasteiger partial charge in [-0.2, -0.15) is 5.10 Å². The highest BCUT2D eigenvalue weighted by Crippen LogP contribution is 2.30. The maximum atomic E-state index is 11.8. The van der Waals surface area contributed by atoms with Crippen LogP contribution in [0.3, 0.4) is 0 Å². The number of phenolic OH excluding ortho intramolecular Hbond substituents is 1. The lowest BCUT2D eigenvalue weighted by atomic mass is 10.1. The second-order valence-corrected chi connectivity index (χ2v) is 6.95. The highest BCUT2D eigenvalue weighted by Gasteiger charge is 2.07. The van der Waals surface area contributed by atoms with E-state index >= 15 is 0 Å². The van der Waals surface area contributed by atoms with E-state index in [1.807, 2.05) is 32.0 Å². The normalized spacial score (nSPS) is 10.8. The smallest absolute Gasteiger partial charge is 0.277 e. The number of hydrogen-bond donors (Lipinski definition) is 2. The average molecular weight is 456 g/mol. The molecule has 0 heterocycles. The van der Waals surface area contributed by atoms with E-state index in [1.165, 1.54) is 6.21 Å². The molecule has 0 aliphatic heterocycles. The number of nitrogens with one attached hydrogen (secondary N) is 1. The summed E-state index contributed by atoms with van der Waals surface area (Å²) in [6, 6.07) is 9.19. The Bertz CT molecular complexity index is 792. The van der Waals surface area contributed by atoms with E-state index in [-0.39, 0.29) is 18.3 Å². The molecule has 0 radical (unpaired) electrons. The van der Waals surface area contributed by atoms with Gasteiger partial charge in [0.2, 0.25) is 0 Å². The van der Waals surface area contributed by atoms with Crippen LogP contribution in [-0.2, 0) is 4.79 Å². The number of aromatic hydroxyl groups is 1. The van der Waals surface area contributed by atoms with E-state index in [0.29, 0.717) is 15.8 Å². The maximum Gasteiger partial charge on any atom is 0.277 e. The molecule has 0 aliphatic carbocycles. The van der Waals surface area contributed by atoms with Crippen LogP contribution in [0.4, 0.5) is 0 Å². The van der Waals surface area contributed by atoms with Crippen molar-refractivity contribution in [3.63, 3.8) is 0 Å². The third kappa shape index (κ3) is 5.07. The maximum absolute atomic E-state index is 11.8. The highest BCUT2D eigenvalue weighted by molar-refractivity contribution is 9.11. The van der Waals surface area contributed by atoms with E-state index in [1.54, 1.807) is 12.1 Å². The molecule has 24 heavy (non-hydrogen) atoms. The second-order valence-electron chi connectivity index (χ2n) is 5.18. The van der Waals surface area contributed by atoms with Gasteiger partial charge in [0.25, 0.3) is 5.91 Å². The van der Waals surface area contributed by atoms with Gasteiger partial charge in [-0.3, -0.25) is 4.79 Å². The Kier molecular flexibility index (Phi) is 6.39. The molecule has 0 fully saturated rings. The van der Waals surface area contributed by atoms with Crippen molar-refractivity contribution in [2.75, 3.05) is 6.61 Å². The SMILES string of the molecule is Cc1ccc(C)c(OCC(=O)N/N=C/c2cc(Br)cc(Br)c2O)c1. The lowest BCUT2D eigenvalue weighted by Gasteiger charge is -2.09. The van der Waals surface area contributed by atoms with Crippen molar-refractivity contribution in [1.82, 2.24) is 5.43 Å². The Morgan fingerprint density at radius 2 is 2.04 bits per heavy atom. The van der Waals surface area contributed by atoms with Crippen molar-refractivity contribution >= 4 is 44.0 Å². The van der Waals surface area contributed by atoms with Crippen molar-refractivity contribution in [3.05, 3.63) is 56.0 Å². The minimum Gasteiger partial charge on any atom is -0.506 e. The van der Waals surface area contributed by atoms with Crippen molar-refractivity contribution in [1.29, 1.82) is 0 Å². The summed E-state index contributed by atoms with van der Waals surface area (Å²) in [5.41, 5.74) is 4.85. The molecule has 0 spiro atoms. The molecule has 0 atom stereocenters. The van der Waals surface area contributed by atoms with Gasteiger partial charge >= 0.3 is 0 Å². The first-order chi connectivity index (χ1) is 11.4. The number of phenols is 1. The minimum absolute atomic E-state index is 0.0443. The third-order valence-electron chi connectivity index (χ3n) is 3.15. The van der Waals surface area contributed by atoms with Crippen LogP contribution >= 0.6 is 31.9 Å². The van der Waals surface area contributed by atoms with Crippen LogP contribution in [0.1, 0.15) is 16.7 Å². The summed E-state index contributed by atoms with van der Waals surface area (Å²) >= 11 is 6.55. The summed E-state index contributed by atoms with van der Waals surface area (Å²) in [6.07, 6.45) is 1.36. The van der Waals surface area contributed by atoms with Gasteiger partial charge in [-0.05, 0) is 59.1 Å². The molecule has 7 heteroatoms. The Morgan fingerprint density at radius 3 is 2.79 bits per heavy atom. The van der Waals surface area contributed by atoms with Gasteiger partial charge in [0, 0.05) is 10.0 Å². The summed E-state index contributed by atoms with van der Waals surface area (Å²) in [4.78, 5) is 11.8. The van der Waals surface area contributed by atoms with Crippen LogP contribution in [0.25, 0.3) is 0 Å². The number of amides is 1. The van der Waals surface area contributed by atoms with Crippen molar-refractivity contribution in [2.45, 2.75) is 13.8 Å². The van der Waals surface area contributed by atoms with Gasteiger partial charge in [0.15, 0.2) is 6.61 Å². The number of ether oxygens (including phenoxy) is 1. The van der Waals surface area contributed by atoms with Crippen LogP contribution in [-0.4, -0.2) is 23.8 Å². The lowest BCUT2D eigenvalue weighted by Crippen LogP contribution is -2.24. The standard InChI is InChI=1S/C17H16Br2N2O3/c1-10-3-4-11(2)15(5-10)24-9-16(22)21-20-8-12-6-13(18)7-14(19)17(12)23/h3-8,23H,9H2,1-2H3,(H,21,22)/b20-8+.